The molecule has 0 aliphatic carbocycles. The standard InChI is InChI=1S/C15H13N3O2S2/c1-2-11-17-18-15(22-11)12-13(20)10(21-14(12)16)7-8-5-3-4-6-9(8)19/h3-7,12,16,19H,2H2,1H3. The summed E-state index contributed by atoms with van der Waals surface area (Å²) in [4.78, 5) is 13.0. The van der Waals surface area contributed by atoms with Crippen molar-refractivity contribution in [1.82, 2.24) is 10.2 Å². The minimum atomic E-state index is -0.653. The van der Waals surface area contributed by atoms with Gasteiger partial charge in [-0.15, -0.1) is 21.5 Å². The van der Waals surface area contributed by atoms with Gasteiger partial charge in [-0.3, -0.25) is 10.2 Å². The van der Waals surface area contributed by atoms with E-state index in [9.17, 15) is 9.90 Å². The predicted molar refractivity (Wildman–Crippen MR) is 88.4 cm³/mol. The number of ketones is 1. The molecule has 1 atom stereocenters. The number of para-hydroxylation sites is 1. The summed E-state index contributed by atoms with van der Waals surface area (Å²) in [7, 11) is 0. The molecule has 112 valence electrons. The van der Waals surface area contributed by atoms with E-state index in [1.807, 2.05) is 6.92 Å². The molecule has 1 aromatic heterocycles. The van der Waals surface area contributed by atoms with E-state index in [-0.39, 0.29) is 16.6 Å². The first-order chi connectivity index (χ1) is 10.6. The number of phenols is 1. The number of carbonyl (C=O) groups is 1. The van der Waals surface area contributed by atoms with Gasteiger partial charge in [-0.25, -0.2) is 0 Å². The van der Waals surface area contributed by atoms with Crippen LogP contribution in [0.15, 0.2) is 29.2 Å². The Labute approximate surface area is 135 Å². The quantitative estimate of drug-likeness (QED) is 0.843. The molecule has 7 heteroatoms. The van der Waals surface area contributed by atoms with Crippen molar-refractivity contribution in [2.24, 2.45) is 0 Å². The zero-order valence-corrected chi connectivity index (χ0v) is 13.4. The second-order valence-corrected chi connectivity index (χ2v) is 6.90. The van der Waals surface area contributed by atoms with Crippen molar-refractivity contribution in [3.8, 4) is 5.75 Å². The third-order valence-corrected chi connectivity index (χ3v) is 5.37. The molecule has 1 aliphatic rings. The molecule has 0 spiro atoms. The normalized spacial score (nSPS) is 20.0. The molecule has 2 heterocycles. The molecule has 0 radical (unpaired) electrons. The lowest BCUT2D eigenvalue weighted by atomic mass is 10.0. The Morgan fingerprint density at radius 1 is 1.36 bits per heavy atom. The Balaban J connectivity index is 1.93. The lowest BCUT2D eigenvalue weighted by Gasteiger charge is -2.01. The van der Waals surface area contributed by atoms with Gasteiger partial charge in [0.25, 0.3) is 0 Å². The topological polar surface area (TPSA) is 86.9 Å². The predicted octanol–water partition coefficient (Wildman–Crippen LogP) is 3.22. The molecule has 1 unspecified atom stereocenters. The Bertz CT molecular complexity index is 783. The summed E-state index contributed by atoms with van der Waals surface area (Å²) in [5, 5.41) is 27.6. The summed E-state index contributed by atoms with van der Waals surface area (Å²) < 4.78 is 0. The van der Waals surface area contributed by atoms with Crippen molar-refractivity contribution >= 4 is 40.0 Å². The lowest BCUT2D eigenvalue weighted by molar-refractivity contribution is -0.114. The molecule has 1 aromatic carbocycles. The zero-order valence-electron chi connectivity index (χ0n) is 11.7. The van der Waals surface area contributed by atoms with Crippen molar-refractivity contribution < 1.29 is 9.90 Å². The van der Waals surface area contributed by atoms with Crippen LogP contribution in [0, 0.1) is 5.41 Å². The maximum Gasteiger partial charge on any atom is 0.186 e. The van der Waals surface area contributed by atoms with E-state index < -0.39 is 5.92 Å². The lowest BCUT2D eigenvalue weighted by Crippen LogP contribution is -2.11. The van der Waals surface area contributed by atoms with Crippen LogP contribution in [-0.4, -0.2) is 26.1 Å². The summed E-state index contributed by atoms with van der Waals surface area (Å²) in [5.74, 6) is -0.695. The van der Waals surface area contributed by atoms with Crippen molar-refractivity contribution in [3.63, 3.8) is 0 Å². The number of nitrogens with one attached hydrogen (secondary N) is 1. The van der Waals surface area contributed by atoms with E-state index in [1.165, 1.54) is 11.3 Å². The van der Waals surface area contributed by atoms with Crippen LogP contribution in [0.2, 0.25) is 0 Å². The first-order valence-electron chi connectivity index (χ1n) is 6.72. The van der Waals surface area contributed by atoms with Gasteiger partial charge in [-0.2, -0.15) is 0 Å². The fraction of sp³-hybridized carbons (Fsp3) is 0.200. The summed E-state index contributed by atoms with van der Waals surface area (Å²) in [6.45, 7) is 1.98. The maximum absolute atomic E-state index is 12.6. The summed E-state index contributed by atoms with van der Waals surface area (Å²) in [6.07, 6.45) is 2.39. The summed E-state index contributed by atoms with van der Waals surface area (Å²) in [5.41, 5.74) is 0.568. The smallest absolute Gasteiger partial charge is 0.186 e. The summed E-state index contributed by atoms with van der Waals surface area (Å²) >= 11 is 2.49. The third-order valence-electron chi connectivity index (χ3n) is 3.24. The molecule has 2 N–H and O–H groups in total. The van der Waals surface area contributed by atoms with Crippen LogP contribution in [0.3, 0.4) is 0 Å². The average molecular weight is 331 g/mol. The fourth-order valence-corrected chi connectivity index (χ4v) is 4.03. The third kappa shape index (κ3) is 2.69. The van der Waals surface area contributed by atoms with Crippen LogP contribution in [0.25, 0.3) is 6.08 Å². The monoisotopic (exact) mass is 331 g/mol. The molecule has 1 saturated heterocycles. The molecular weight excluding hydrogens is 318 g/mol. The van der Waals surface area contributed by atoms with Gasteiger partial charge in [-0.1, -0.05) is 36.9 Å². The molecule has 0 amide bonds. The molecule has 22 heavy (non-hydrogen) atoms. The Kier molecular flexibility index (Phi) is 4.08. The second-order valence-electron chi connectivity index (χ2n) is 4.72. The molecule has 5 nitrogen and oxygen atoms in total. The largest absolute Gasteiger partial charge is 0.507 e. The van der Waals surface area contributed by atoms with Crippen molar-refractivity contribution in [1.29, 1.82) is 5.41 Å². The molecule has 1 fully saturated rings. The van der Waals surface area contributed by atoms with Crippen molar-refractivity contribution in [2.75, 3.05) is 0 Å². The van der Waals surface area contributed by atoms with Crippen LogP contribution in [0.5, 0.6) is 5.75 Å². The van der Waals surface area contributed by atoms with Gasteiger partial charge in [0.15, 0.2) is 5.78 Å². The number of benzene rings is 1. The van der Waals surface area contributed by atoms with E-state index in [4.69, 9.17) is 5.41 Å². The number of aromatic nitrogens is 2. The Morgan fingerprint density at radius 2 is 2.14 bits per heavy atom. The molecule has 0 saturated carbocycles. The van der Waals surface area contributed by atoms with Gasteiger partial charge in [0, 0.05) is 5.56 Å². The van der Waals surface area contributed by atoms with Gasteiger partial charge in [0.2, 0.25) is 0 Å². The Morgan fingerprint density at radius 3 is 2.82 bits per heavy atom. The van der Waals surface area contributed by atoms with Gasteiger partial charge >= 0.3 is 0 Å². The van der Waals surface area contributed by atoms with Gasteiger partial charge < -0.3 is 5.11 Å². The van der Waals surface area contributed by atoms with Crippen molar-refractivity contribution in [2.45, 2.75) is 19.3 Å². The van der Waals surface area contributed by atoms with E-state index in [0.29, 0.717) is 15.5 Å². The van der Waals surface area contributed by atoms with E-state index in [1.54, 1.807) is 30.3 Å². The first kappa shape index (κ1) is 14.9. The number of allylic oxidation sites excluding steroid dienone is 1. The van der Waals surface area contributed by atoms with E-state index >= 15 is 0 Å². The van der Waals surface area contributed by atoms with Crippen LogP contribution < -0.4 is 0 Å². The number of aromatic hydroxyl groups is 1. The van der Waals surface area contributed by atoms with Crippen LogP contribution >= 0.6 is 23.1 Å². The highest BCUT2D eigenvalue weighted by molar-refractivity contribution is 8.19. The summed E-state index contributed by atoms with van der Waals surface area (Å²) in [6, 6.07) is 6.81. The highest BCUT2D eigenvalue weighted by Crippen LogP contribution is 2.41. The number of Topliss-reactive ketones (excluding diaryl/α,β-unsaturated/α-hetero) is 1. The van der Waals surface area contributed by atoms with Crippen LogP contribution in [-0.2, 0) is 11.2 Å². The number of hydrogen-bond acceptors (Lipinski definition) is 7. The molecule has 0 bridgehead atoms. The number of phenolic OH excluding ortho intramolecular Hbond substituents is 1. The van der Waals surface area contributed by atoms with E-state index in [0.717, 1.165) is 23.2 Å². The minimum absolute atomic E-state index is 0.113. The van der Waals surface area contributed by atoms with Crippen LogP contribution in [0.1, 0.15) is 28.4 Å². The minimum Gasteiger partial charge on any atom is -0.507 e. The second kappa shape index (κ2) is 6.02. The highest BCUT2D eigenvalue weighted by Gasteiger charge is 2.39. The maximum atomic E-state index is 12.6. The fourth-order valence-electron chi connectivity index (χ4n) is 2.09. The Hall–Kier alpha value is -1.99. The number of thioether (sulfide) groups is 1. The number of nitrogens with zero attached hydrogens (tertiary/aromatic N) is 2. The van der Waals surface area contributed by atoms with Gasteiger partial charge in [0.1, 0.15) is 21.7 Å². The van der Waals surface area contributed by atoms with Crippen LogP contribution in [0.4, 0.5) is 0 Å². The van der Waals surface area contributed by atoms with Gasteiger partial charge in [0.05, 0.1) is 9.95 Å². The molecule has 3 rings (SSSR count). The average Bonchev–Trinajstić information content (AvgIpc) is 3.07. The molecular formula is C15H13N3O2S2. The number of carbonyl (C=O) groups excluding carboxylic acids is 1. The highest BCUT2D eigenvalue weighted by atomic mass is 32.2. The van der Waals surface area contributed by atoms with Gasteiger partial charge in [-0.05, 0) is 18.6 Å². The molecule has 1 aliphatic heterocycles. The first-order valence-corrected chi connectivity index (χ1v) is 8.36. The molecule has 2 aromatic rings. The van der Waals surface area contributed by atoms with E-state index in [2.05, 4.69) is 10.2 Å². The number of hydrogen-bond donors (Lipinski definition) is 2. The number of aryl methyl sites for hydroxylation is 1. The SMILES string of the molecule is CCc1nnc(C2C(=N)SC(=Cc3ccccc3O)C2=O)s1. The zero-order chi connectivity index (χ0) is 15.7. The van der Waals surface area contributed by atoms with Crippen molar-refractivity contribution in [3.05, 3.63) is 44.7 Å². The number of rotatable bonds is 3.